The van der Waals surface area contributed by atoms with Crippen LogP contribution in [-0.2, 0) is 25.7 Å². The van der Waals surface area contributed by atoms with Crippen LogP contribution in [0.3, 0.4) is 0 Å². The highest BCUT2D eigenvalue weighted by Crippen LogP contribution is 2.32. The second kappa shape index (κ2) is 7.95. The first-order chi connectivity index (χ1) is 12.6. The van der Waals surface area contributed by atoms with Gasteiger partial charge in [0.25, 0.3) is 10.0 Å². The molecule has 0 unspecified atom stereocenters. The topological polar surface area (TPSA) is 63.7 Å². The van der Waals surface area contributed by atoms with Crippen LogP contribution in [0.1, 0.15) is 12.5 Å². The lowest BCUT2D eigenvalue weighted by Crippen LogP contribution is -2.36. The Bertz CT molecular complexity index is 911. The van der Waals surface area contributed by atoms with Gasteiger partial charge in [-0.1, -0.05) is 6.07 Å². The van der Waals surface area contributed by atoms with E-state index in [1.54, 1.807) is 0 Å². The van der Waals surface area contributed by atoms with Crippen LogP contribution in [0.5, 0.6) is 0 Å². The molecule has 0 saturated carbocycles. The zero-order chi connectivity index (χ0) is 20.2. The minimum Gasteiger partial charge on any atom is -0.465 e. The molecule has 0 fully saturated rings. The van der Waals surface area contributed by atoms with Crippen molar-refractivity contribution in [2.75, 3.05) is 17.5 Å². The van der Waals surface area contributed by atoms with Crippen molar-refractivity contribution >= 4 is 21.7 Å². The summed E-state index contributed by atoms with van der Waals surface area (Å²) < 4.78 is 83.0. The number of esters is 1. The second-order valence-corrected chi connectivity index (χ2v) is 7.18. The van der Waals surface area contributed by atoms with E-state index in [0.29, 0.717) is 10.4 Å². The van der Waals surface area contributed by atoms with E-state index in [1.807, 2.05) is 0 Å². The molecule has 0 saturated heterocycles. The fourth-order valence-corrected chi connectivity index (χ4v) is 3.66. The smallest absolute Gasteiger partial charge is 0.416 e. The standard InChI is InChI=1S/C17H15F4NO4S/c1-2-26-16(23)11-22(14-8-6-13(18)7-9-14)27(24,25)15-5-3-4-12(10-15)17(19,20)21/h3-10H,2,11H2,1H3. The summed E-state index contributed by atoms with van der Waals surface area (Å²) in [5, 5.41) is 0. The van der Waals surface area contributed by atoms with E-state index in [1.165, 1.54) is 6.92 Å². The first-order valence-electron chi connectivity index (χ1n) is 7.67. The fourth-order valence-electron chi connectivity index (χ4n) is 2.21. The van der Waals surface area contributed by atoms with Crippen molar-refractivity contribution in [3.8, 4) is 0 Å². The number of hydrogen-bond donors (Lipinski definition) is 0. The Morgan fingerprint density at radius 3 is 2.30 bits per heavy atom. The van der Waals surface area contributed by atoms with Crippen LogP contribution in [0.25, 0.3) is 0 Å². The van der Waals surface area contributed by atoms with Gasteiger partial charge in [-0.25, -0.2) is 12.8 Å². The van der Waals surface area contributed by atoms with Gasteiger partial charge in [-0.05, 0) is 49.4 Å². The number of hydrogen-bond acceptors (Lipinski definition) is 4. The Kier molecular flexibility index (Phi) is 6.09. The molecule has 5 nitrogen and oxygen atoms in total. The van der Waals surface area contributed by atoms with Crippen molar-refractivity contribution in [3.63, 3.8) is 0 Å². The third kappa shape index (κ3) is 4.97. The van der Waals surface area contributed by atoms with Crippen LogP contribution in [0.4, 0.5) is 23.2 Å². The van der Waals surface area contributed by atoms with E-state index >= 15 is 0 Å². The number of rotatable bonds is 6. The molecular weight excluding hydrogens is 390 g/mol. The number of carbonyl (C=O) groups excluding carboxylic acids is 1. The van der Waals surface area contributed by atoms with Gasteiger partial charge in [-0.2, -0.15) is 13.2 Å². The van der Waals surface area contributed by atoms with Crippen molar-refractivity contribution < 1.29 is 35.5 Å². The first kappa shape index (κ1) is 20.7. The van der Waals surface area contributed by atoms with Crippen molar-refractivity contribution in [2.45, 2.75) is 18.0 Å². The molecule has 0 aliphatic rings. The van der Waals surface area contributed by atoms with Gasteiger partial charge in [0, 0.05) is 0 Å². The zero-order valence-corrected chi connectivity index (χ0v) is 14.8. The van der Waals surface area contributed by atoms with Crippen molar-refractivity contribution in [1.29, 1.82) is 0 Å². The molecule has 0 atom stereocenters. The number of halogens is 4. The molecule has 0 heterocycles. The monoisotopic (exact) mass is 405 g/mol. The van der Waals surface area contributed by atoms with Gasteiger partial charge >= 0.3 is 12.1 Å². The van der Waals surface area contributed by atoms with Gasteiger partial charge < -0.3 is 4.74 Å². The number of anilines is 1. The molecule has 0 aliphatic heterocycles. The number of alkyl halides is 3. The third-order valence-electron chi connectivity index (χ3n) is 3.44. The quantitative estimate of drug-likeness (QED) is 0.544. The van der Waals surface area contributed by atoms with Gasteiger partial charge in [0.1, 0.15) is 12.4 Å². The molecule has 0 amide bonds. The Labute approximate surface area is 153 Å². The van der Waals surface area contributed by atoms with Crippen LogP contribution in [0, 0.1) is 5.82 Å². The van der Waals surface area contributed by atoms with E-state index in [9.17, 15) is 30.8 Å². The second-order valence-electron chi connectivity index (χ2n) is 5.32. The summed E-state index contributed by atoms with van der Waals surface area (Å²) in [5.41, 5.74) is -1.25. The molecule has 2 aromatic carbocycles. The molecule has 27 heavy (non-hydrogen) atoms. The molecule has 0 bridgehead atoms. The molecule has 0 aliphatic carbocycles. The van der Waals surface area contributed by atoms with Crippen molar-refractivity contribution in [2.24, 2.45) is 0 Å². The lowest BCUT2D eigenvalue weighted by Gasteiger charge is -2.24. The van der Waals surface area contributed by atoms with Crippen LogP contribution < -0.4 is 4.31 Å². The Hall–Kier alpha value is -2.62. The molecule has 0 N–H and O–H groups in total. The van der Waals surface area contributed by atoms with Gasteiger partial charge in [0.15, 0.2) is 0 Å². The summed E-state index contributed by atoms with van der Waals surface area (Å²) in [5.74, 6) is -1.55. The predicted octanol–water partition coefficient (Wildman–Crippen LogP) is 3.60. The number of carbonyl (C=O) groups is 1. The largest absolute Gasteiger partial charge is 0.465 e. The summed E-state index contributed by atoms with van der Waals surface area (Å²) in [7, 11) is -4.55. The predicted molar refractivity (Wildman–Crippen MR) is 89.0 cm³/mol. The summed E-state index contributed by atoms with van der Waals surface area (Å²) in [6.07, 6.45) is -4.74. The molecule has 0 spiro atoms. The first-order valence-corrected chi connectivity index (χ1v) is 9.11. The van der Waals surface area contributed by atoms with E-state index in [2.05, 4.69) is 0 Å². The van der Waals surface area contributed by atoms with Gasteiger partial charge in [-0.3, -0.25) is 9.10 Å². The Morgan fingerprint density at radius 2 is 1.74 bits per heavy atom. The summed E-state index contributed by atoms with van der Waals surface area (Å²) >= 11 is 0. The average Bonchev–Trinajstić information content (AvgIpc) is 2.60. The number of nitrogens with zero attached hydrogens (tertiary/aromatic N) is 1. The normalized spacial score (nSPS) is 11.9. The van der Waals surface area contributed by atoms with E-state index in [0.717, 1.165) is 42.5 Å². The highest BCUT2D eigenvalue weighted by molar-refractivity contribution is 7.92. The molecular formula is C17H15F4NO4S. The average molecular weight is 405 g/mol. The minimum atomic E-state index is -4.74. The van der Waals surface area contributed by atoms with Crippen LogP contribution in [0.15, 0.2) is 53.4 Å². The Balaban J connectivity index is 2.53. The van der Waals surface area contributed by atoms with Gasteiger partial charge in [0.2, 0.25) is 0 Å². The van der Waals surface area contributed by atoms with Crippen molar-refractivity contribution in [1.82, 2.24) is 0 Å². The number of sulfonamides is 1. The van der Waals surface area contributed by atoms with E-state index in [-0.39, 0.29) is 12.3 Å². The fraction of sp³-hybridized carbons (Fsp3) is 0.235. The van der Waals surface area contributed by atoms with Gasteiger partial charge in [-0.15, -0.1) is 0 Å². The lowest BCUT2D eigenvalue weighted by atomic mass is 10.2. The maximum Gasteiger partial charge on any atom is 0.416 e. The molecule has 10 heteroatoms. The van der Waals surface area contributed by atoms with Crippen LogP contribution in [-0.4, -0.2) is 27.5 Å². The molecule has 0 aromatic heterocycles. The van der Waals surface area contributed by atoms with Crippen LogP contribution >= 0.6 is 0 Å². The lowest BCUT2D eigenvalue weighted by molar-refractivity contribution is -0.141. The third-order valence-corrected chi connectivity index (χ3v) is 5.21. The summed E-state index contributed by atoms with van der Waals surface area (Å²) in [6, 6.07) is 7.25. The number of ether oxygens (including phenoxy) is 1. The highest BCUT2D eigenvalue weighted by atomic mass is 32.2. The van der Waals surface area contributed by atoms with E-state index < -0.39 is 45.0 Å². The maximum atomic E-state index is 13.2. The zero-order valence-electron chi connectivity index (χ0n) is 14.0. The van der Waals surface area contributed by atoms with Crippen molar-refractivity contribution in [3.05, 3.63) is 59.9 Å². The molecule has 146 valence electrons. The molecule has 0 radical (unpaired) electrons. The van der Waals surface area contributed by atoms with Crippen LogP contribution in [0.2, 0.25) is 0 Å². The summed E-state index contributed by atoms with van der Waals surface area (Å²) in [6.45, 7) is 0.721. The maximum absolute atomic E-state index is 13.2. The highest BCUT2D eigenvalue weighted by Gasteiger charge is 2.33. The van der Waals surface area contributed by atoms with Gasteiger partial charge in [0.05, 0.1) is 22.8 Å². The molecule has 2 rings (SSSR count). The number of benzene rings is 2. The van der Waals surface area contributed by atoms with E-state index in [4.69, 9.17) is 4.74 Å². The molecule has 2 aromatic rings. The minimum absolute atomic E-state index is 0.0142. The summed E-state index contributed by atoms with van der Waals surface area (Å²) in [4.78, 5) is 11.2. The SMILES string of the molecule is CCOC(=O)CN(c1ccc(F)cc1)S(=O)(=O)c1cccc(C(F)(F)F)c1. The Morgan fingerprint density at radius 1 is 1.11 bits per heavy atom.